The minimum Gasteiger partial charge on any atom is -0.390 e. The van der Waals surface area contributed by atoms with Crippen LogP contribution in [0.4, 0.5) is 0 Å². The Morgan fingerprint density at radius 2 is 1.92 bits per heavy atom. The fourth-order valence-electron chi connectivity index (χ4n) is 8.14. The molecule has 4 aliphatic rings. The Labute approximate surface area is 152 Å². The molecule has 0 spiro atoms. The minimum absolute atomic E-state index is 0.00294. The molecule has 0 aromatic rings. The van der Waals surface area contributed by atoms with Crippen molar-refractivity contribution in [3.63, 3.8) is 0 Å². The van der Waals surface area contributed by atoms with E-state index in [9.17, 15) is 9.90 Å². The molecule has 0 bridgehead atoms. The van der Waals surface area contributed by atoms with Gasteiger partial charge in [0.2, 0.25) is 0 Å². The summed E-state index contributed by atoms with van der Waals surface area (Å²) in [7, 11) is 0. The van der Waals surface area contributed by atoms with Crippen molar-refractivity contribution in [1.29, 1.82) is 0 Å². The first kappa shape index (κ1) is 17.5. The molecule has 25 heavy (non-hydrogen) atoms. The van der Waals surface area contributed by atoms with Gasteiger partial charge in [-0.25, -0.2) is 0 Å². The Kier molecular flexibility index (Phi) is 3.72. The molecule has 0 aliphatic heterocycles. The predicted octanol–water partition coefficient (Wildman–Crippen LogP) is 5.07. The second-order valence-electron chi connectivity index (χ2n) is 10.4. The summed E-state index contributed by atoms with van der Waals surface area (Å²) in [5.41, 5.74) is 2.14. The van der Waals surface area contributed by atoms with Crippen LogP contribution in [0.5, 0.6) is 0 Å². The molecule has 0 aromatic heterocycles. The lowest BCUT2D eigenvalue weighted by atomic mass is 9.43. The predicted molar refractivity (Wildman–Crippen MR) is 101 cm³/mol. The highest BCUT2D eigenvalue weighted by Gasteiger charge is 2.65. The zero-order valence-corrected chi connectivity index (χ0v) is 16.4. The first-order valence-electron chi connectivity index (χ1n) is 10.2. The SMILES string of the molecule is C=C(C)C1CCC2C3CCC4=CC(=O)CCC4(C)C3C(C)(O)CC12C. The Hall–Kier alpha value is -0.890. The quantitative estimate of drug-likeness (QED) is 0.675. The Balaban J connectivity index is 1.78. The van der Waals surface area contributed by atoms with Crippen LogP contribution in [0, 0.1) is 34.5 Å². The molecule has 4 rings (SSSR count). The summed E-state index contributed by atoms with van der Waals surface area (Å²) < 4.78 is 0. The normalized spacial score (nSPS) is 52.0. The largest absolute Gasteiger partial charge is 0.390 e. The number of carbonyl (C=O) groups excluding carboxylic acids is 1. The Morgan fingerprint density at radius 1 is 1.20 bits per heavy atom. The van der Waals surface area contributed by atoms with Crippen molar-refractivity contribution in [3.8, 4) is 0 Å². The van der Waals surface area contributed by atoms with Gasteiger partial charge in [-0.2, -0.15) is 0 Å². The van der Waals surface area contributed by atoms with E-state index in [4.69, 9.17) is 0 Å². The van der Waals surface area contributed by atoms with Gasteiger partial charge in [0.25, 0.3) is 0 Å². The molecule has 0 aromatic carbocycles. The van der Waals surface area contributed by atoms with Gasteiger partial charge in [0.15, 0.2) is 5.78 Å². The van der Waals surface area contributed by atoms with Gasteiger partial charge in [-0.1, -0.05) is 31.6 Å². The van der Waals surface area contributed by atoms with Crippen molar-refractivity contribution < 1.29 is 9.90 Å². The fraction of sp³-hybridized carbons (Fsp3) is 0.783. The molecular weight excluding hydrogens is 308 g/mol. The number of rotatable bonds is 1. The van der Waals surface area contributed by atoms with E-state index >= 15 is 0 Å². The van der Waals surface area contributed by atoms with E-state index in [1.807, 2.05) is 6.08 Å². The number of hydrogen-bond donors (Lipinski definition) is 1. The van der Waals surface area contributed by atoms with E-state index in [0.717, 1.165) is 25.7 Å². The van der Waals surface area contributed by atoms with Gasteiger partial charge < -0.3 is 5.11 Å². The van der Waals surface area contributed by atoms with Crippen LogP contribution in [0.2, 0.25) is 0 Å². The molecule has 3 fully saturated rings. The minimum atomic E-state index is -0.664. The van der Waals surface area contributed by atoms with Gasteiger partial charge in [-0.05, 0) is 93.0 Å². The summed E-state index contributed by atoms with van der Waals surface area (Å²) >= 11 is 0. The highest BCUT2D eigenvalue weighted by molar-refractivity contribution is 5.91. The molecule has 2 nitrogen and oxygen atoms in total. The molecule has 4 aliphatic carbocycles. The van der Waals surface area contributed by atoms with Crippen molar-refractivity contribution in [3.05, 3.63) is 23.8 Å². The average Bonchev–Trinajstić information content (AvgIpc) is 2.83. The third-order valence-corrected chi connectivity index (χ3v) is 8.75. The first-order valence-corrected chi connectivity index (χ1v) is 10.2. The summed E-state index contributed by atoms with van der Waals surface area (Å²) in [5, 5.41) is 11.7. The van der Waals surface area contributed by atoms with Crippen LogP contribution >= 0.6 is 0 Å². The third-order valence-electron chi connectivity index (χ3n) is 8.75. The highest BCUT2D eigenvalue weighted by atomic mass is 16.3. The van der Waals surface area contributed by atoms with E-state index in [1.54, 1.807) is 0 Å². The van der Waals surface area contributed by atoms with E-state index in [-0.39, 0.29) is 22.5 Å². The van der Waals surface area contributed by atoms with Gasteiger partial charge in [0.1, 0.15) is 0 Å². The molecule has 138 valence electrons. The lowest BCUT2D eigenvalue weighted by Gasteiger charge is -2.63. The maximum atomic E-state index is 12.0. The smallest absolute Gasteiger partial charge is 0.155 e. The Bertz CT molecular complexity index is 657. The maximum absolute atomic E-state index is 12.0. The summed E-state index contributed by atoms with van der Waals surface area (Å²) in [6.07, 6.45) is 9.06. The summed E-state index contributed by atoms with van der Waals surface area (Å²) in [6.45, 7) is 13.3. The van der Waals surface area contributed by atoms with Crippen LogP contribution in [-0.4, -0.2) is 16.5 Å². The maximum Gasteiger partial charge on any atom is 0.155 e. The molecular formula is C23H34O2. The van der Waals surface area contributed by atoms with Crippen LogP contribution < -0.4 is 0 Å². The van der Waals surface area contributed by atoms with Crippen molar-refractivity contribution in [2.45, 2.75) is 78.2 Å². The van der Waals surface area contributed by atoms with Crippen LogP contribution in [0.15, 0.2) is 23.8 Å². The zero-order valence-electron chi connectivity index (χ0n) is 16.4. The second-order valence-corrected chi connectivity index (χ2v) is 10.4. The van der Waals surface area contributed by atoms with Crippen molar-refractivity contribution in [1.82, 2.24) is 0 Å². The first-order chi connectivity index (χ1) is 11.6. The molecule has 1 N–H and O–H groups in total. The number of hydrogen-bond acceptors (Lipinski definition) is 2. The molecule has 0 radical (unpaired) electrons. The molecule has 3 saturated carbocycles. The summed E-state index contributed by atoms with van der Waals surface area (Å²) in [4.78, 5) is 12.0. The van der Waals surface area contributed by atoms with Gasteiger partial charge in [0, 0.05) is 6.42 Å². The lowest BCUT2D eigenvalue weighted by Crippen LogP contribution is -2.61. The van der Waals surface area contributed by atoms with Crippen LogP contribution in [0.25, 0.3) is 0 Å². The average molecular weight is 343 g/mol. The standard InChI is InChI=1S/C23H34O2/c1-14(2)18-8-9-19-17-7-6-15-12-16(24)10-11-21(15,3)20(17)23(5,25)13-22(18,19)4/h12,17-20,25H,1,6-11,13H2,2-5H3. The number of allylic oxidation sites excluding steroid dienone is 2. The number of ketones is 1. The second kappa shape index (κ2) is 5.31. The number of carbonyl (C=O) groups is 1. The van der Waals surface area contributed by atoms with Crippen LogP contribution in [0.3, 0.4) is 0 Å². The molecule has 7 unspecified atom stereocenters. The van der Waals surface area contributed by atoms with E-state index < -0.39 is 5.60 Å². The van der Waals surface area contributed by atoms with Gasteiger partial charge >= 0.3 is 0 Å². The fourth-order valence-corrected chi connectivity index (χ4v) is 8.14. The number of aliphatic hydroxyl groups is 1. The van der Waals surface area contributed by atoms with Crippen molar-refractivity contribution >= 4 is 5.78 Å². The van der Waals surface area contributed by atoms with E-state index in [0.29, 0.717) is 24.2 Å². The molecule has 0 heterocycles. The highest BCUT2D eigenvalue weighted by Crippen LogP contribution is 2.69. The molecule has 2 heteroatoms. The molecule has 0 amide bonds. The van der Waals surface area contributed by atoms with Crippen LogP contribution in [-0.2, 0) is 4.79 Å². The monoisotopic (exact) mass is 342 g/mol. The number of fused-ring (bicyclic) bond motifs is 5. The van der Waals surface area contributed by atoms with E-state index in [1.165, 1.54) is 24.0 Å². The van der Waals surface area contributed by atoms with E-state index in [2.05, 4.69) is 34.3 Å². The van der Waals surface area contributed by atoms with Crippen molar-refractivity contribution in [2.75, 3.05) is 0 Å². The topological polar surface area (TPSA) is 37.3 Å². The van der Waals surface area contributed by atoms with Gasteiger partial charge in [-0.3, -0.25) is 4.79 Å². The summed E-state index contributed by atoms with van der Waals surface area (Å²) in [5.74, 6) is 2.39. The van der Waals surface area contributed by atoms with Crippen LogP contribution in [0.1, 0.15) is 72.6 Å². The van der Waals surface area contributed by atoms with Gasteiger partial charge in [0.05, 0.1) is 5.60 Å². The van der Waals surface area contributed by atoms with Crippen molar-refractivity contribution in [2.24, 2.45) is 34.5 Å². The molecule has 0 saturated heterocycles. The molecule has 7 atom stereocenters. The Morgan fingerprint density at radius 3 is 2.60 bits per heavy atom. The van der Waals surface area contributed by atoms with Gasteiger partial charge in [-0.15, -0.1) is 0 Å². The zero-order chi connectivity index (χ0) is 18.2. The third kappa shape index (κ3) is 2.29. The summed E-state index contributed by atoms with van der Waals surface area (Å²) in [6, 6.07) is 0. The lowest BCUT2D eigenvalue weighted by molar-refractivity contribution is -0.180.